The molecule has 1 fully saturated rings. The van der Waals surface area contributed by atoms with Crippen LogP contribution < -0.4 is 4.90 Å². The molecule has 12 rings (SSSR count). The third kappa shape index (κ3) is 4.57. The van der Waals surface area contributed by atoms with E-state index in [2.05, 4.69) is 205 Å². The summed E-state index contributed by atoms with van der Waals surface area (Å²) < 4.78 is 0. The van der Waals surface area contributed by atoms with Gasteiger partial charge in [0.15, 0.2) is 0 Å². The molecular weight excluding hydrogens is 687 g/mol. The summed E-state index contributed by atoms with van der Waals surface area (Å²) in [4.78, 5) is 2.52. The van der Waals surface area contributed by atoms with E-state index < -0.39 is 5.41 Å². The number of nitrogens with zero attached hydrogens (tertiary/aromatic N) is 1. The van der Waals surface area contributed by atoms with Gasteiger partial charge in [-0.1, -0.05) is 177 Å². The first-order valence-electron chi connectivity index (χ1n) is 20.6. The Morgan fingerprint density at radius 3 is 1.63 bits per heavy atom. The Hall–Kier alpha value is -6.70. The van der Waals surface area contributed by atoms with Crippen LogP contribution in [0.3, 0.4) is 0 Å². The molecule has 9 aromatic carbocycles. The molecule has 1 nitrogen and oxygen atoms in total. The van der Waals surface area contributed by atoms with Gasteiger partial charge in [0.05, 0.1) is 5.41 Å². The van der Waals surface area contributed by atoms with Crippen molar-refractivity contribution in [3.8, 4) is 22.3 Å². The molecule has 1 spiro atoms. The molecule has 0 bridgehead atoms. The molecule has 3 aliphatic carbocycles. The van der Waals surface area contributed by atoms with Gasteiger partial charge in [0.1, 0.15) is 0 Å². The van der Waals surface area contributed by atoms with Gasteiger partial charge < -0.3 is 4.90 Å². The molecule has 0 aliphatic heterocycles. The van der Waals surface area contributed by atoms with Crippen LogP contribution >= 0.6 is 0 Å². The molecule has 0 N–H and O–H groups in total. The van der Waals surface area contributed by atoms with Crippen LogP contribution in [-0.4, -0.2) is 0 Å². The lowest BCUT2D eigenvalue weighted by Gasteiger charge is -2.35. The predicted molar refractivity (Wildman–Crippen MR) is 238 cm³/mol. The largest absolute Gasteiger partial charge is 0.310 e. The molecule has 0 radical (unpaired) electrons. The molecule has 0 aromatic heterocycles. The van der Waals surface area contributed by atoms with Crippen molar-refractivity contribution in [3.05, 3.63) is 234 Å². The molecule has 1 heteroatoms. The number of anilines is 3. The topological polar surface area (TPSA) is 3.24 Å². The number of hydrogen-bond acceptors (Lipinski definition) is 1. The molecule has 0 atom stereocenters. The maximum absolute atomic E-state index is 2.52. The fourth-order valence-corrected chi connectivity index (χ4v) is 11.3. The minimum atomic E-state index is -0.482. The van der Waals surface area contributed by atoms with Crippen molar-refractivity contribution in [3.63, 3.8) is 0 Å². The van der Waals surface area contributed by atoms with E-state index in [0.29, 0.717) is 0 Å². The zero-order valence-corrected chi connectivity index (χ0v) is 31.8. The van der Waals surface area contributed by atoms with Crippen molar-refractivity contribution in [2.24, 2.45) is 0 Å². The van der Waals surface area contributed by atoms with Crippen LogP contribution in [0.2, 0.25) is 0 Å². The van der Waals surface area contributed by atoms with Crippen LogP contribution in [0.1, 0.15) is 59.1 Å². The monoisotopic (exact) mass is 727 g/mol. The maximum atomic E-state index is 2.52. The van der Waals surface area contributed by atoms with Crippen LogP contribution in [0.25, 0.3) is 43.8 Å². The molecule has 3 aliphatic rings. The highest BCUT2D eigenvalue weighted by atomic mass is 15.1. The second-order valence-electron chi connectivity index (χ2n) is 16.3. The first kappa shape index (κ1) is 32.5. The van der Waals surface area contributed by atoms with Gasteiger partial charge in [-0.3, -0.25) is 0 Å². The normalized spacial score (nSPS) is 15.4. The average molecular weight is 728 g/mol. The highest BCUT2D eigenvalue weighted by molar-refractivity contribution is 6.08. The van der Waals surface area contributed by atoms with Crippen molar-refractivity contribution in [2.45, 2.75) is 36.5 Å². The van der Waals surface area contributed by atoms with Gasteiger partial charge >= 0.3 is 0 Å². The Balaban J connectivity index is 1.12. The summed E-state index contributed by atoms with van der Waals surface area (Å²) in [5.74, 6) is 0. The van der Waals surface area contributed by atoms with Gasteiger partial charge in [0, 0.05) is 22.5 Å². The lowest BCUT2D eigenvalue weighted by atomic mass is 9.67. The third-order valence-electron chi connectivity index (χ3n) is 13.7. The van der Waals surface area contributed by atoms with Gasteiger partial charge in [0.2, 0.25) is 0 Å². The number of fused-ring (bicyclic) bond motifs is 11. The minimum Gasteiger partial charge on any atom is -0.310 e. The molecule has 57 heavy (non-hydrogen) atoms. The highest BCUT2D eigenvalue weighted by Crippen LogP contribution is 2.59. The van der Waals surface area contributed by atoms with Crippen LogP contribution in [-0.2, 0) is 10.8 Å². The van der Waals surface area contributed by atoms with E-state index in [0.717, 1.165) is 11.4 Å². The van der Waals surface area contributed by atoms with Gasteiger partial charge in [-0.15, -0.1) is 0 Å². The fraction of sp³-hybridized carbons (Fsp3) is 0.107. The lowest BCUT2D eigenvalue weighted by molar-refractivity contribution is 0.550. The first-order valence-corrected chi connectivity index (χ1v) is 20.6. The van der Waals surface area contributed by atoms with Crippen molar-refractivity contribution in [1.29, 1.82) is 0 Å². The van der Waals surface area contributed by atoms with Crippen molar-refractivity contribution < 1.29 is 0 Å². The second-order valence-corrected chi connectivity index (χ2v) is 16.3. The van der Waals surface area contributed by atoms with Gasteiger partial charge in [-0.25, -0.2) is 0 Å². The molecule has 0 saturated heterocycles. The first-order chi connectivity index (χ1) is 28.2. The summed E-state index contributed by atoms with van der Waals surface area (Å²) in [6.45, 7) is 0. The summed E-state index contributed by atoms with van der Waals surface area (Å²) >= 11 is 0. The van der Waals surface area contributed by atoms with E-state index in [1.165, 1.54) is 109 Å². The van der Waals surface area contributed by atoms with Crippen LogP contribution in [0.4, 0.5) is 17.1 Å². The van der Waals surface area contributed by atoms with Crippen molar-refractivity contribution in [2.75, 3.05) is 4.90 Å². The van der Waals surface area contributed by atoms with Crippen LogP contribution in [0.5, 0.6) is 0 Å². The van der Waals surface area contributed by atoms with E-state index >= 15 is 0 Å². The predicted octanol–water partition coefficient (Wildman–Crippen LogP) is 14.7. The Labute approximate surface area is 334 Å². The maximum Gasteiger partial charge on any atom is 0.0714 e. The summed E-state index contributed by atoms with van der Waals surface area (Å²) in [6, 6.07) is 75.5. The van der Waals surface area contributed by atoms with Gasteiger partial charge in [-0.2, -0.15) is 0 Å². The molecular formula is C56H41N. The van der Waals surface area contributed by atoms with E-state index in [1.807, 2.05) is 0 Å². The zero-order chi connectivity index (χ0) is 37.6. The molecule has 1 saturated carbocycles. The van der Waals surface area contributed by atoms with Crippen LogP contribution in [0.15, 0.2) is 200 Å². The number of benzene rings is 9. The summed E-state index contributed by atoms with van der Waals surface area (Å²) in [5, 5.41) is 5.07. The average Bonchev–Trinajstić information content (AvgIpc) is 3.97. The van der Waals surface area contributed by atoms with Gasteiger partial charge in [-0.05, 0) is 126 Å². The minimum absolute atomic E-state index is 0.129. The molecule has 270 valence electrons. The highest BCUT2D eigenvalue weighted by Gasteiger charge is 2.47. The second kappa shape index (κ2) is 12.4. The van der Waals surface area contributed by atoms with Crippen molar-refractivity contribution in [1.82, 2.24) is 0 Å². The standard InChI is InChI=1S/C56H41N/c1-3-16-40(17-4-1)56(41-18-5-2-6-19-41)53-24-12-10-21-47(53)49-31-28-44(37-54(49)56)57(42-27-30-46-39(35-42)26-25-38-15-7-8-20-45(38)46)43-29-32-52-50(36-43)48-22-9-11-23-51(48)55(52)33-13-14-34-55/h1-12,15-32,35-37H,13-14,33-34H2. The summed E-state index contributed by atoms with van der Waals surface area (Å²) in [7, 11) is 0. The Bertz CT molecular complexity index is 2980. The smallest absolute Gasteiger partial charge is 0.0714 e. The number of hydrogen-bond donors (Lipinski definition) is 0. The van der Waals surface area contributed by atoms with E-state index in [4.69, 9.17) is 0 Å². The Morgan fingerprint density at radius 1 is 0.333 bits per heavy atom. The van der Waals surface area contributed by atoms with E-state index in [-0.39, 0.29) is 5.41 Å². The van der Waals surface area contributed by atoms with E-state index in [1.54, 1.807) is 0 Å². The molecule has 9 aromatic rings. The van der Waals surface area contributed by atoms with E-state index in [9.17, 15) is 0 Å². The van der Waals surface area contributed by atoms with Crippen molar-refractivity contribution >= 4 is 38.6 Å². The quantitative estimate of drug-likeness (QED) is 0.160. The molecule has 0 amide bonds. The summed E-state index contributed by atoms with van der Waals surface area (Å²) in [6.07, 6.45) is 5.03. The Morgan fingerprint density at radius 2 is 0.860 bits per heavy atom. The molecule has 0 unspecified atom stereocenters. The third-order valence-corrected chi connectivity index (χ3v) is 13.7. The SMILES string of the molecule is c1ccc(C2(c3ccccc3)c3ccccc3-c3ccc(N(c4ccc5c(c4)-c4ccccc4C54CCCC4)c4ccc5c(ccc6ccccc65)c4)cc32)cc1. The molecule has 0 heterocycles. The number of rotatable bonds is 5. The summed E-state index contributed by atoms with van der Waals surface area (Å²) in [5.41, 5.74) is 16.7. The van der Waals surface area contributed by atoms with Crippen LogP contribution in [0, 0.1) is 0 Å². The fourth-order valence-electron chi connectivity index (χ4n) is 11.3. The van der Waals surface area contributed by atoms with Gasteiger partial charge in [0.25, 0.3) is 0 Å². The Kier molecular flexibility index (Phi) is 7.08. The zero-order valence-electron chi connectivity index (χ0n) is 31.8. The lowest BCUT2D eigenvalue weighted by Crippen LogP contribution is -2.28.